The van der Waals surface area contributed by atoms with E-state index in [4.69, 9.17) is 5.73 Å². The first-order chi connectivity index (χ1) is 8.95. The molecule has 2 fully saturated rings. The van der Waals surface area contributed by atoms with Crippen LogP contribution in [-0.2, 0) is 9.84 Å². The van der Waals surface area contributed by atoms with Gasteiger partial charge in [0.05, 0.1) is 18.1 Å². The molecule has 0 bridgehead atoms. The fourth-order valence-electron chi connectivity index (χ4n) is 3.18. The number of sulfone groups is 1. The van der Waals surface area contributed by atoms with Crippen LogP contribution in [0.5, 0.6) is 0 Å². The smallest absolute Gasteiger partial charge is 0.246 e. The van der Waals surface area contributed by atoms with Crippen LogP contribution < -0.4 is 10.6 Å². The number of hydrogen-bond donors (Lipinski definition) is 1. The van der Waals surface area contributed by atoms with E-state index in [-0.39, 0.29) is 5.16 Å². The Morgan fingerprint density at radius 2 is 1.95 bits per heavy atom. The lowest BCUT2D eigenvalue weighted by Crippen LogP contribution is -2.30. The molecule has 19 heavy (non-hydrogen) atoms. The molecule has 0 spiro atoms. The molecular formula is C12H18N4O2S. The first-order valence-electron chi connectivity index (χ1n) is 6.48. The standard InChI is InChI=1S/C12H18N4O2S/c1-19(17,18)12-14-4-9(5-15-12)16-6-8-2-3-11(13)10(8)7-16/h4-5,8,10-11H,2-3,6-7,13H2,1H3/t8-,10+,11+/m1/s1. The van der Waals surface area contributed by atoms with Crippen molar-refractivity contribution in [3.05, 3.63) is 12.4 Å². The number of nitrogens with two attached hydrogens (primary N) is 1. The van der Waals surface area contributed by atoms with Crippen LogP contribution in [0.3, 0.4) is 0 Å². The summed E-state index contributed by atoms with van der Waals surface area (Å²) in [5.41, 5.74) is 6.99. The summed E-state index contributed by atoms with van der Waals surface area (Å²) in [6.07, 6.45) is 6.60. The summed E-state index contributed by atoms with van der Waals surface area (Å²) in [7, 11) is -3.33. The Morgan fingerprint density at radius 1 is 1.26 bits per heavy atom. The number of hydrogen-bond acceptors (Lipinski definition) is 6. The van der Waals surface area contributed by atoms with E-state index in [2.05, 4.69) is 14.9 Å². The molecule has 104 valence electrons. The van der Waals surface area contributed by atoms with Crippen LogP contribution in [0, 0.1) is 11.8 Å². The van der Waals surface area contributed by atoms with E-state index in [9.17, 15) is 8.42 Å². The Bertz CT molecular complexity index is 572. The van der Waals surface area contributed by atoms with Crippen molar-refractivity contribution in [1.29, 1.82) is 0 Å². The molecule has 2 aliphatic rings. The van der Waals surface area contributed by atoms with Gasteiger partial charge >= 0.3 is 0 Å². The summed E-state index contributed by atoms with van der Waals surface area (Å²) in [6.45, 7) is 1.90. The van der Waals surface area contributed by atoms with Crippen LogP contribution >= 0.6 is 0 Å². The third-order valence-corrected chi connectivity index (χ3v) is 5.10. The average molecular weight is 282 g/mol. The second-order valence-corrected chi connectivity index (χ2v) is 7.48. The van der Waals surface area contributed by atoms with E-state index < -0.39 is 9.84 Å². The van der Waals surface area contributed by atoms with Crippen molar-refractivity contribution in [2.45, 2.75) is 24.0 Å². The molecule has 3 rings (SSSR count). The minimum Gasteiger partial charge on any atom is -0.368 e. The zero-order chi connectivity index (χ0) is 13.6. The number of aromatic nitrogens is 2. The number of rotatable bonds is 2. The second-order valence-electron chi connectivity index (χ2n) is 5.57. The van der Waals surface area contributed by atoms with E-state index in [0.29, 0.717) is 17.9 Å². The molecule has 1 aromatic rings. The lowest BCUT2D eigenvalue weighted by Gasteiger charge is -2.19. The highest BCUT2D eigenvalue weighted by molar-refractivity contribution is 7.90. The fraction of sp³-hybridized carbons (Fsp3) is 0.667. The minimum atomic E-state index is -3.33. The number of anilines is 1. The van der Waals surface area contributed by atoms with E-state index in [1.54, 1.807) is 12.4 Å². The van der Waals surface area contributed by atoms with Gasteiger partial charge in [-0.2, -0.15) is 0 Å². The Kier molecular flexibility index (Phi) is 2.98. The molecule has 3 atom stereocenters. The molecule has 1 aliphatic heterocycles. The van der Waals surface area contributed by atoms with E-state index >= 15 is 0 Å². The van der Waals surface area contributed by atoms with Gasteiger partial charge in [0.25, 0.3) is 0 Å². The predicted octanol–water partition coefficient (Wildman–Crippen LogP) is 0.0536. The molecule has 2 N–H and O–H groups in total. The summed E-state index contributed by atoms with van der Waals surface area (Å²) >= 11 is 0. The molecule has 0 amide bonds. The van der Waals surface area contributed by atoms with Crippen LogP contribution in [0.25, 0.3) is 0 Å². The zero-order valence-electron chi connectivity index (χ0n) is 10.9. The summed E-state index contributed by atoms with van der Waals surface area (Å²) in [5, 5.41) is -0.118. The number of fused-ring (bicyclic) bond motifs is 1. The first kappa shape index (κ1) is 12.8. The van der Waals surface area contributed by atoms with Crippen molar-refractivity contribution in [3.63, 3.8) is 0 Å². The van der Waals surface area contributed by atoms with Gasteiger partial charge in [0, 0.05) is 25.4 Å². The van der Waals surface area contributed by atoms with Crippen molar-refractivity contribution >= 4 is 15.5 Å². The highest BCUT2D eigenvalue weighted by Gasteiger charge is 2.41. The molecule has 7 heteroatoms. The van der Waals surface area contributed by atoms with Gasteiger partial charge in [-0.05, 0) is 24.7 Å². The largest absolute Gasteiger partial charge is 0.368 e. The lowest BCUT2D eigenvalue weighted by atomic mass is 9.98. The fourth-order valence-corrected chi connectivity index (χ4v) is 3.67. The summed E-state index contributed by atoms with van der Waals surface area (Å²) in [5.74, 6) is 1.21. The van der Waals surface area contributed by atoms with Crippen molar-refractivity contribution < 1.29 is 8.42 Å². The average Bonchev–Trinajstić information content (AvgIpc) is 2.91. The zero-order valence-corrected chi connectivity index (χ0v) is 11.7. The third-order valence-electron chi connectivity index (χ3n) is 4.22. The Hall–Kier alpha value is -1.21. The maximum atomic E-state index is 11.3. The SMILES string of the molecule is CS(=O)(=O)c1ncc(N2C[C@H]3CC[C@H](N)[C@H]3C2)cn1. The molecule has 6 nitrogen and oxygen atoms in total. The maximum Gasteiger partial charge on any atom is 0.246 e. The molecule has 1 aliphatic carbocycles. The van der Waals surface area contributed by atoms with Crippen molar-refractivity contribution in [1.82, 2.24) is 9.97 Å². The predicted molar refractivity (Wildman–Crippen MR) is 71.5 cm³/mol. The summed E-state index contributed by atoms with van der Waals surface area (Å²) in [6, 6.07) is 0.297. The van der Waals surface area contributed by atoms with Gasteiger partial charge in [-0.3, -0.25) is 0 Å². The quantitative estimate of drug-likeness (QED) is 0.771. The van der Waals surface area contributed by atoms with Crippen molar-refractivity contribution in [2.24, 2.45) is 17.6 Å². The summed E-state index contributed by atoms with van der Waals surface area (Å²) < 4.78 is 22.6. The van der Waals surface area contributed by atoms with Gasteiger partial charge in [-0.15, -0.1) is 0 Å². The van der Waals surface area contributed by atoms with Gasteiger partial charge in [0.1, 0.15) is 0 Å². The molecule has 0 aromatic carbocycles. The molecule has 0 unspecified atom stereocenters. The molecule has 0 radical (unpaired) electrons. The second kappa shape index (κ2) is 4.42. The van der Waals surface area contributed by atoms with Crippen LogP contribution in [-0.4, -0.2) is 43.8 Å². The topological polar surface area (TPSA) is 89.2 Å². The van der Waals surface area contributed by atoms with E-state index in [1.165, 1.54) is 6.42 Å². The third kappa shape index (κ3) is 2.32. The van der Waals surface area contributed by atoms with E-state index in [0.717, 1.165) is 31.5 Å². The minimum absolute atomic E-state index is 0.118. The first-order valence-corrected chi connectivity index (χ1v) is 8.37. The monoisotopic (exact) mass is 282 g/mol. The molecule has 1 saturated carbocycles. The molecular weight excluding hydrogens is 264 g/mol. The highest BCUT2D eigenvalue weighted by Crippen LogP contribution is 2.38. The van der Waals surface area contributed by atoms with Gasteiger partial charge in [0.2, 0.25) is 15.0 Å². The molecule has 2 heterocycles. The van der Waals surface area contributed by atoms with Gasteiger partial charge in [0.15, 0.2) is 0 Å². The van der Waals surface area contributed by atoms with Crippen LogP contribution in [0.1, 0.15) is 12.8 Å². The van der Waals surface area contributed by atoms with Crippen LogP contribution in [0.2, 0.25) is 0 Å². The highest BCUT2D eigenvalue weighted by atomic mass is 32.2. The normalized spacial score (nSPS) is 30.6. The van der Waals surface area contributed by atoms with Gasteiger partial charge < -0.3 is 10.6 Å². The Morgan fingerprint density at radius 3 is 2.53 bits per heavy atom. The Balaban J connectivity index is 1.78. The molecule has 1 aromatic heterocycles. The summed E-state index contributed by atoms with van der Waals surface area (Å²) in [4.78, 5) is 10.1. The number of nitrogens with zero attached hydrogens (tertiary/aromatic N) is 3. The lowest BCUT2D eigenvalue weighted by molar-refractivity contribution is 0.453. The van der Waals surface area contributed by atoms with Crippen molar-refractivity contribution in [3.8, 4) is 0 Å². The van der Waals surface area contributed by atoms with Crippen LogP contribution in [0.15, 0.2) is 17.6 Å². The van der Waals surface area contributed by atoms with E-state index in [1.807, 2.05) is 0 Å². The van der Waals surface area contributed by atoms with Gasteiger partial charge in [-0.1, -0.05) is 0 Å². The van der Waals surface area contributed by atoms with Crippen LogP contribution in [0.4, 0.5) is 5.69 Å². The maximum absolute atomic E-state index is 11.3. The van der Waals surface area contributed by atoms with Crippen molar-refractivity contribution in [2.75, 3.05) is 24.2 Å². The van der Waals surface area contributed by atoms with Gasteiger partial charge in [-0.25, -0.2) is 18.4 Å². The molecule has 1 saturated heterocycles. The Labute approximate surface area is 113 Å².